The number of primary amides is 1. The maximum absolute atomic E-state index is 15.6. The predicted octanol–water partition coefficient (Wildman–Crippen LogP) is 2.99. The molecule has 0 bridgehead atoms. The molecule has 8 rings (SSSR count). The highest BCUT2D eigenvalue weighted by Crippen LogP contribution is 2.25. The Morgan fingerprint density at radius 2 is 0.947 bits per heavy atom. The number of carbonyl (C=O) groups is 16. The van der Waals surface area contributed by atoms with Gasteiger partial charge in [-0.15, -0.1) is 11.8 Å². The lowest BCUT2D eigenvalue weighted by atomic mass is 9.98. The molecule has 0 spiro atoms. The van der Waals surface area contributed by atoms with Crippen LogP contribution in [0.1, 0.15) is 107 Å². The predicted molar refractivity (Wildman–Crippen MR) is 487 cm³/mol. The number of amides is 15. The molecule has 0 radical (unpaired) electrons. The molecule has 0 saturated carbocycles. The van der Waals surface area contributed by atoms with Gasteiger partial charge in [0.05, 0.1) is 31.8 Å². The first-order chi connectivity index (χ1) is 62.7. The Morgan fingerprint density at radius 3 is 1.51 bits per heavy atom. The molecule has 6 aromatic carbocycles. The number of halogens is 2. The van der Waals surface area contributed by atoms with Crippen LogP contribution in [-0.2, 0) is 115 Å². The van der Waals surface area contributed by atoms with E-state index in [0.717, 1.165) is 36.6 Å². The Morgan fingerprint density at radius 1 is 0.477 bits per heavy atom. The number of carboxylic acid groups (broad SMARTS) is 1. The average Bonchev–Trinajstić information content (AvgIpc) is 1.11. The van der Waals surface area contributed by atoms with Crippen LogP contribution < -0.4 is 53.6 Å². The number of phenols is 2. The third kappa shape index (κ3) is 31.2. The number of unbranched alkanes of at least 4 members (excludes halogenated alkanes) is 2. The molecule has 7 aromatic rings. The van der Waals surface area contributed by atoms with Gasteiger partial charge in [0.25, 0.3) is 0 Å². The van der Waals surface area contributed by atoms with Crippen LogP contribution in [0.5, 0.6) is 11.5 Å². The zero-order valence-electron chi connectivity index (χ0n) is 75.4. The van der Waals surface area contributed by atoms with Crippen molar-refractivity contribution >= 4 is 117 Å². The molecule has 1 saturated heterocycles. The summed E-state index contributed by atoms with van der Waals surface area (Å²) in [6, 6.07) is 19.5. The maximum atomic E-state index is 15.6. The molecule has 1 aromatic heterocycles. The van der Waals surface area contributed by atoms with E-state index in [9.17, 15) is 53.7 Å². The second-order valence-electron chi connectivity index (χ2n) is 33.7. The summed E-state index contributed by atoms with van der Waals surface area (Å²) in [5.41, 5.74) is 8.18. The van der Waals surface area contributed by atoms with Crippen molar-refractivity contribution in [1.82, 2.24) is 77.3 Å². The summed E-state index contributed by atoms with van der Waals surface area (Å²) in [6.45, 7) is 5.97. The molecule has 15 N–H and O–H groups in total. The molecule has 38 heteroatoms. The van der Waals surface area contributed by atoms with E-state index in [-0.39, 0.29) is 62.0 Å². The molecule has 1 fully saturated rings. The van der Waals surface area contributed by atoms with Gasteiger partial charge in [0.1, 0.15) is 89.6 Å². The lowest BCUT2D eigenvalue weighted by molar-refractivity contribution is -0.151. The van der Waals surface area contributed by atoms with Gasteiger partial charge in [0.15, 0.2) is 0 Å². The quantitative estimate of drug-likeness (QED) is 0.0387. The average molecular weight is 1850 g/mol. The molecule has 708 valence electrons. The monoisotopic (exact) mass is 1840 g/mol. The highest BCUT2D eigenvalue weighted by Gasteiger charge is 2.42. The van der Waals surface area contributed by atoms with Crippen molar-refractivity contribution in [3.05, 3.63) is 203 Å². The lowest BCUT2D eigenvalue weighted by Gasteiger charge is -2.37. The smallest absolute Gasteiger partial charge is 0.305 e. The first-order valence-corrected chi connectivity index (χ1v) is 44.5. The number of aromatic hydroxyl groups is 2. The molecule has 1 aliphatic heterocycles. The van der Waals surface area contributed by atoms with Gasteiger partial charge in [0.2, 0.25) is 88.6 Å². The molecule has 35 nitrogen and oxygen atoms in total. The summed E-state index contributed by atoms with van der Waals surface area (Å²) < 4.78 is 30.3. The number of nitrogens with zero attached hydrogens (tertiary/aromatic N) is 5. The first-order valence-electron chi connectivity index (χ1n) is 43.4. The van der Waals surface area contributed by atoms with Crippen LogP contribution in [0.3, 0.4) is 0 Å². The number of nitrogens with one attached hydrogen (secondary N) is 10. The Hall–Kier alpha value is -13.8. The number of aromatic amines is 1. The van der Waals surface area contributed by atoms with Gasteiger partial charge < -0.3 is 98.4 Å². The second kappa shape index (κ2) is 49.8. The van der Waals surface area contributed by atoms with Crippen molar-refractivity contribution in [2.75, 3.05) is 66.4 Å². The van der Waals surface area contributed by atoms with Crippen LogP contribution in [0.25, 0.3) is 10.9 Å². The number of carboxylic acids is 1. The molecule has 0 aliphatic carbocycles. The molecule has 0 unspecified atom stereocenters. The topological polar surface area (TPSA) is 500 Å². The van der Waals surface area contributed by atoms with E-state index >= 15 is 47.1 Å². The number of thioether (sulfide) groups is 1. The molecule has 11 atom stereocenters. The van der Waals surface area contributed by atoms with E-state index in [2.05, 4.69) is 52.8 Å². The Balaban J connectivity index is 1.22. The van der Waals surface area contributed by atoms with Crippen molar-refractivity contribution in [3.8, 4) is 11.5 Å². The minimum atomic E-state index is -1.95. The number of rotatable bonds is 24. The molecule has 1 aliphatic rings. The zero-order chi connectivity index (χ0) is 96.7. The summed E-state index contributed by atoms with van der Waals surface area (Å²) in [6.07, 6.45) is -0.157. The van der Waals surface area contributed by atoms with Crippen molar-refractivity contribution in [3.63, 3.8) is 0 Å². The van der Waals surface area contributed by atoms with Crippen LogP contribution in [0.15, 0.2) is 158 Å². The number of H-pyrrole nitrogens is 1. The number of para-hydroxylation sites is 1. The van der Waals surface area contributed by atoms with Gasteiger partial charge in [-0.25, -0.2) is 8.78 Å². The van der Waals surface area contributed by atoms with E-state index in [1.807, 2.05) is 6.92 Å². The van der Waals surface area contributed by atoms with E-state index in [1.54, 1.807) is 119 Å². The highest BCUT2D eigenvalue weighted by atomic mass is 32.2. The number of hydrogen-bond donors (Lipinski definition) is 14. The lowest BCUT2D eigenvalue weighted by Crippen LogP contribution is -2.61. The maximum Gasteiger partial charge on any atom is 0.305 e. The van der Waals surface area contributed by atoms with Crippen LogP contribution in [0.4, 0.5) is 8.78 Å². The minimum absolute atomic E-state index is 0.0311. The number of phenolic OH excluding ortho intramolecular Hbond substituents is 2. The summed E-state index contributed by atoms with van der Waals surface area (Å²) in [5, 5.41) is 55.1. The van der Waals surface area contributed by atoms with Crippen LogP contribution in [0, 0.1) is 23.5 Å². The fourth-order valence-electron chi connectivity index (χ4n) is 15.3. The zero-order valence-corrected chi connectivity index (χ0v) is 76.2. The standard InChI is InChI=1S/C94H118F2N16O19S/c1-11-12-15-28-75-92(129)109(7)51-80(117)101-71(47-82(119)120)88(125)107-83(55(4)5)94(131)111(9)76(43-56-22-16-13-17-23-56)89(126)105-72(41-59-31-35-65(114)36-32-59)90(127)108(6)50-79(116)100-70(45-61-48-98-67-27-21-20-26-66(61)67)87(124)104-69(40-58-29-33-64(113)34-30-58)86(123)103-68(37-54(2)3)85(122)106-74(84(121)99-49-78(97)115)52-132-53-81(118)102-73(42-60-38-62(95)46-63(96)39-60)91(128)112(10)77(93(130)110(75)8)44-57-24-18-14-19-25-57/h13-14,16-27,29-36,38-39,46,48,54-55,68-77,83,98,113-114H,11-12,15,28,37,40-45,47,49-53H2,1-10H3,(H2,97,115)(H,99,121)(H,100,116)(H,101,117)(H,102,118)(H,103,123)(H,104,124)(H,105,126)(H,106,122)(H,107,125)(H,119,120)/t68-,69-,70-,71-,72-,73-,74-,75-,76-,77-,83-/m0/s1. The molecular weight excluding hydrogens is 1730 g/mol. The van der Waals surface area contributed by atoms with Crippen LogP contribution in [0.2, 0.25) is 0 Å². The van der Waals surface area contributed by atoms with Gasteiger partial charge >= 0.3 is 5.97 Å². The third-order valence-electron chi connectivity index (χ3n) is 22.4. The normalized spacial score (nSPS) is 21.7. The largest absolute Gasteiger partial charge is 0.508 e. The fraction of sp³-hybridized carbons (Fsp3) is 0.426. The molecule has 132 heavy (non-hydrogen) atoms. The first kappa shape index (κ1) is 104. The van der Waals surface area contributed by atoms with Crippen LogP contribution >= 0.6 is 11.8 Å². The van der Waals surface area contributed by atoms with Gasteiger partial charge in [-0.3, -0.25) is 76.7 Å². The van der Waals surface area contributed by atoms with Gasteiger partial charge in [-0.2, -0.15) is 0 Å². The number of carbonyl (C=O) groups excluding carboxylic acids is 15. The summed E-state index contributed by atoms with van der Waals surface area (Å²) in [4.78, 5) is 243. The second-order valence-corrected chi connectivity index (χ2v) is 34.7. The Bertz CT molecular complexity index is 5210. The Kier molecular flexibility index (Phi) is 39.1. The van der Waals surface area contributed by atoms with E-state index in [1.165, 1.54) is 83.8 Å². The summed E-state index contributed by atoms with van der Waals surface area (Å²) >= 11 is 0.715. The van der Waals surface area contributed by atoms with Crippen LogP contribution in [-0.4, -0.2) is 272 Å². The third-order valence-corrected chi connectivity index (χ3v) is 23.4. The summed E-state index contributed by atoms with van der Waals surface area (Å²) in [5.74, 6) is -20.9. The number of hydrogen-bond acceptors (Lipinski definition) is 19. The van der Waals surface area contributed by atoms with Crippen molar-refractivity contribution in [1.29, 1.82) is 0 Å². The van der Waals surface area contributed by atoms with Gasteiger partial charge in [-0.05, 0) is 101 Å². The van der Waals surface area contributed by atoms with Crippen molar-refractivity contribution in [2.45, 2.75) is 178 Å². The Labute approximate surface area is 768 Å². The van der Waals surface area contributed by atoms with Gasteiger partial charge in [-0.1, -0.05) is 157 Å². The molecular formula is C94H118F2N16O19S. The van der Waals surface area contributed by atoms with Gasteiger partial charge in [0, 0.05) is 103 Å². The van der Waals surface area contributed by atoms with Crippen molar-refractivity contribution < 1.29 is 101 Å². The minimum Gasteiger partial charge on any atom is -0.508 e. The molecule has 15 amide bonds. The number of likely N-dealkylation sites (N-methyl/N-ethyl adjacent to an activating group) is 5. The van der Waals surface area contributed by atoms with E-state index in [4.69, 9.17) is 5.73 Å². The fourth-order valence-corrected chi connectivity index (χ4v) is 16.1. The van der Waals surface area contributed by atoms with E-state index < -0.39 is 228 Å². The number of benzene rings is 6. The number of aromatic nitrogens is 1. The molecule has 2 heterocycles. The summed E-state index contributed by atoms with van der Waals surface area (Å²) in [7, 11) is 6.26. The highest BCUT2D eigenvalue weighted by molar-refractivity contribution is 8.00. The number of fused-ring (bicyclic) bond motifs is 1. The number of nitrogens with two attached hydrogens (primary N) is 1. The SMILES string of the molecule is CCCCC[C@H]1C(=O)N(C)CC(=O)N[C@@H](CC(=O)O)C(=O)N[C@@H](C(C)C)C(=O)N(C)[C@@H](Cc2ccccc2)C(=O)N[C@@H](Cc2ccc(O)cc2)C(=O)N(C)CC(=O)N[C@@H](Cc2c[nH]c3ccccc23)C(=O)N[C@@H](Cc2ccc(O)cc2)C(=O)N[C@@H](CC(C)C)C(=O)N[C@H](C(=O)NCC(N)=O)CSCC(=O)N[C@@H](Cc2cc(F)cc(F)c2)C(=O)N(C)[C@@H](Cc2ccccc2)C(=O)N1C. The van der Waals surface area contributed by atoms with Crippen molar-refractivity contribution in [2.24, 2.45) is 17.6 Å². The number of aliphatic carboxylic acids is 1. The van der Waals surface area contributed by atoms with E-state index in [0.29, 0.717) is 75.8 Å².